The maximum Gasteiger partial charge on any atom is 0.293 e. The van der Waals surface area contributed by atoms with Crippen LogP contribution in [0.3, 0.4) is 0 Å². The van der Waals surface area contributed by atoms with Gasteiger partial charge < -0.3 is 13.8 Å². The first-order chi connectivity index (χ1) is 16.2. The van der Waals surface area contributed by atoms with Gasteiger partial charge in [0, 0.05) is 38.3 Å². The summed E-state index contributed by atoms with van der Waals surface area (Å²) < 4.78 is 10.6. The fourth-order valence-electron chi connectivity index (χ4n) is 3.91. The third kappa shape index (κ3) is 4.40. The van der Waals surface area contributed by atoms with Crippen LogP contribution < -0.4 is 0 Å². The van der Waals surface area contributed by atoms with Gasteiger partial charge in [-0.3, -0.25) is 9.69 Å². The van der Waals surface area contributed by atoms with Crippen molar-refractivity contribution in [2.45, 2.75) is 6.54 Å². The number of carbonyl (C=O) groups excluding carboxylic acids is 1. The molecule has 1 amide bonds. The molecule has 0 unspecified atom stereocenters. The highest BCUT2D eigenvalue weighted by Crippen LogP contribution is 2.23. The molecule has 2 aromatic carbocycles. The molecule has 0 N–H and O–H groups in total. The van der Waals surface area contributed by atoms with E-state index in [-0.39, 0.29) is 5.91 Å². The van der Waals surface area contributed by atoms with Gasteiger partial charge in [0.25, 0.3) is 11.8 Å². The van der Waals surface area contributed by atoms with Gasteiger partial charge in [-0.2, -0.15) is 10.2 Å². The molecule has 8 nitrogen and oxygen atoms in total. The molecular formula is C25H21N5O3. The van der Waals surface area contributed by atoms with Crippen LogP contribution >= 0.6 is 0 Å². The summed E-state index contributed by atoms with van der Waals surface area (Å²) >= 11 is 0. The molecule has 1 aliphatic heterocycles. The maximum absolute atomic E-state index is 12.8. The minimum atomic E-state index is -0.0785. The van der Waals surface area contributed by atoms with E-state index in [4.69, 9.17) is 8.94 Å². The van der Waals surface area contributed by atoms with Crippen molar-refractivity contribution < 1.29 is 13.7 Å². The Labute approximate surface area is 190 Å². The van der Waals surface area contributed by atoms with Gasteiger partial charge in [-0.1, -0.05) is 41.6 Å². The molecule has 0 spiro atoms. The molecule has 4 aromatic rings. The molecule has 0 atom stereocenters. The van der Waals surface area contributed by atoms with Crippen LogP contribution in [0.2, 0.25) is 0 Å². The Morgan fingerprint density at radius 2 is 1.79 bits per heavy atom. The quantitative estimate of drug-likeness (QED) is 0.466. The lowest BCUT2D eigenvalue weighted by Crippen LogP contribution is -2.48. The smallest absolute Gasteiger partial charge is 0.293 e. The summed E-state index contributed by atoms with van der Waals surface area (Å²) in [5.74, 6) is 1.32. The van der Waals surface area contributed by atoms with Gasteiger partial charge in [-0.15, -0.1) is 0 Å². The number of hydrogen-bond acceptors (Lipinski definition) is 7. The van der Waals surface area contributed by atoms with Crippen LogP contribution in [-0.4, -0.2) is 52.0 Å². The van der Waals surface area contributed by atoms with E-state index in [1.54, 1.807) is 42.7 Å². The van der Waals surface area contributed by atoms with Crippen molar-refractivity contribution in [3.8, 4) is 29.1 Å². The van der Waals surface area contributed by atoms with E-state index in [0.717, 1.165) is 25.2 Å². The first-order valence-corrected chi connectivity index (χ1v) is 10.7. The second kappa shape index (κ2) is 9.10. The highest BCUT2D eigenvalue weighted by molar-refractivity contribution is 5.96. The molecule has 164 valence electrons. The summed E-state index contributed by atoms with van der Waals surface area (Å²) in [6, 6.07) is 20.7. The van der Waals surface area contributed by atoms with E-state index in [1.165, 1.54) is 5.56 Å². The van der Waals surface area contributed by atoms with Crippen molar-refractivity contribution in [3.05, 3.63) is 83.6 Å². The average Bonchev–Trinajstić information content (AvgIpc) is 3.57. The minimum Gasteiger partial charge on any atom is -0.459 e. The molecule has 5 rings (SSSR count). The van der Waals surface area contributed by atoms with Crippen LogP contribution in [0.25, 0.3) is 23.0 Å². The van der Waals surface area contributed by atoms with Crippen LogP contribution in [0.1, 0.15) is 21.5 Å². The number of benzene rings is 2. The normalized spacial score (nSPS) is 14.2. The predicted octanol–water partition coefficient (Wildman–Crippen LogP) is 3.83. The second-order valence-electron chi connectivity index (χ2n) is 7.82. The van der Waals surface area contributed by atoms with Crippen molar-refractivity contribution in [3.63, 3.8) is 0 Å². The van der Waals surface area contributed by atoms with E-state index in [2.05, 4.69) is 33.2 Å². The van der Waals surface area contributed by atoms with Gasteiger partial charge in [0.1, 0.15) is 0 Å². The van der Waals surface area contributed by atoms with E-state index < -0.39 is 0 Å². The zero-order chi connectivity index (χ0) is 22.6. The molecule has 1 aliphatic rings. The fraction of sp³-hybridized carbons (Fsp3) is 0.200. The third-order valence-corrected chi connectivity index (χ3v) is 5.71. The Morgan fingerprint density at radius 1 is 1.00 bits per heavy atom. The van der Waals surface area contributed by atoms with E-state index in [1.807, 2.05) is 17.0 Å². The van der Waals surface area contributed by atoms with Gasteiger partial charge in [-0.25, -0.2) is 0 Å². The summed E-state index contributed by atoms with van der Waals surface area (Å²) in [5, 5.41) is 13.3. The first-order valence-electron chi connectivity index (χ1n) is 10.7. The zero-order valence-electron chi connectivity index (χ0n) is 17.8. The molecule has 0 bridgehead atoms. The summed E-state index contributed by atoms with van der Waals surface area (Å²) in [5.41, 5.74) is 2.93. The lowest BCUT2D eigenvalue weighted by Gasteiger charge is -2.35. The number of aromatic nitrogens is 2. The van der Waals surface area contributed by atoms with Crippen LogP contribution in [0.5, 0.6) is 0 Å². The molecule has 1 fully saturated rings. The van der Waals surface area contributed by atoms with Gasteiger partial charge in [0.2, 0.25) is 5.82 Å². The molecule has 0 radical (unpaired) electrons. The SMILES string of the molecule is N#Cc1ccccc1C(=O)N1CCN(Cc2ccc(-c3noc(-c4ccco4)n3)cc2)CC1. The van der Waals surface area contributed by atoms with Crippen molar-refractivity contribution in [1.29, 1.82) is 5.26 Å². The van der Waals surface area contributed by atoms with Crippen molar-refractivity contribution in [2.75, 3.05) is 26.2 Å². The highest BCUT2D eigenvalue weighted by atomic mass is 16.5. The second-order valence-corrected chi connectivity index (χ2v) is 7.82. The number of amides is 1. The van der Waals surface area contributed by atoms with Crippen LogP contribution in [0.15, 0.2) is 75.9 Å². The maximum atomic E-state index is 12.8. The lowest BCUT2D eigenvalue weighted by molar-refractivity contribution is 0.0628. The molecule has 3 heterocycles. The Hall–Kier alpha value is -4.22. The summed E-state index contributed by atoms with van der Waals surface area (Å²) in [7, 11) is 0. The van der Waals surface area contributed by atoms with Crippen LogP contribution in [0, 0.1) is 11.3 Å². The average molecular weight is 439 g/mol. The topological polar surface area (TPSA) is 99.4 Å². The molecule has 8 heteroatoms. The minimum absolute atomic E-state index is 0.0785. The zero-order valence-corrected chi connectivity index (χ0v) is 17.8. The number of piperazine rings is 1. The number of rotatable bonds is 5. The summed E-state index contributed by atoms with van der Waals surface area (Å²) in [4.78, 5) is 21.4. The van der Waals surface area contributed by atoms with E-state index >= 15 is 0 Å². The lowest BCUT2D eigenvalue weighted by atomic mass is 10.1. The van der Waals surface area contributed by atoms with Gasteiger partial charge in [0.05, 0.1) is 23.5 Å². The first kappa shape index (κ1) is 20.7. The Bertz CT molecular complexity index is 1280. The van der Waals surface area contributed by atoms with Crippen molar-refractivity contribution in [2.24, 2.45) is 0 Å². The van der Waals surface area contributed by atoms with Crippen molar-refractivity contribution >= 4 is 5.91 Å². The number of nitrogens with zero attached hydrogens (tertiary/aromatic N) is 5. The van der Waals surface area contributed by atoms with Crippen LogP contribution in [0.4, 0.5) is 0 Å². The molecular weight excluding hydrogens is 418 g/mol. The summed E-state index contributed by atoms with van der Waals surface area (Å²) in [6.07, 6.45) is 1.56. The van der Waals surface area contributed by atoms with E-state index in [9.17, 15) is 10.1 Å². The third-order valence-electron chi connectivity index (χ3n) is 5.71. The molecule has 0 aliphatic carbocycles. The highest BCUT2D eigenvalue weighted by Gasteiger charge is 2.23. The van der Waals surface area contributed by atoms with Crippen LogP contribution in [-0.2, 0) is 6.54 Å². The van der Waals surface area contributed by atoms with Gasteiger partial charge in [0.15, 0.2) is 5.76 Å². The molecule has 33 heavy (non-hydrogen) atoms. The Balaban J connectivity index is 1.18. The Morgan fingerprint density at radius 3 is 2.52 bits per heavy atom. The Kier molecular flexibility index (Phi) is 5.70. The largest absolute Gasteiger partial charge is 0.459 e. The molecule has 2 aromatic heterocycles. The van der Waals surface area contributed by atoms with Gasteiger partial charge >= 0.3 is 0 Å². The van der Waals surface area contributed by atoms with Crippen molar-refractivity contribution in [1.82, 2.24) is 19.9 Å². The number of hydrogen-bond donors (Lipinski definition) is 0. The fourth-order valence-corrected chi connectivity index (χ4v) is 3.91. The molecule has 0 saturated carbocycles. The number of carbonyl (C=O) groups is 1. The van der Waals surface area contributed by atoms with Gasteiger partial charge in [-0.05, 0) is 29.8 Å². The van der Waals surface area contributed by atoms with E-state index in [0.29, 0.717) is 41.7 Å². The monoisotopic (exact) mass is 439 g/mol. The predicted molar refractivity (Wildman–Crippen MR) is 120 cm³/mol. The summed E-state index contributed by atoms with van der Waals surface area (Å²) in [6.45, 7) is 3.62. The number of nitriles is 1. The standard InChI is InChI=1S/C25H21N5O3/c26-16-20-4-1-2-5-21(20)25(31)30-13-11-29(12-14-30)17-18-7-9-19(10-8-18)23-27-24(33-28-23)22-6-3-15-32-22/h1-10,15H,11-14,17H2. The number of furan rings is 1. The molecule has 1 saturated heterocycles.